The van der Waals surface area contributed by atoms with Crippen molar-refractivity contribution in [1.29, 1.82) is 0 Å². The van der Waals surface area contributed by atoms with E-state index < -0.39 is 19.5 Å². The topological polar surface area (TPSA) is 146 Å². The van der Waals surface area contributed by atoms with Crippen LogP contribution < -0.4 is 0 Å². The normalized spacial score (nSPS) is 17.0. The Morgan fingerprint density at radius 2 is 1.27 bits per heavy atom. The third-order valence-corrected chi connectivity index (χ3v) is 14.5. The molecule has 2 atom stereocenters. The van der Waals surface area contributed by atoms with Gasteiger partial charge in [-0.25, -0.2) is 9.59 Å². The SMILES string of the molecule is Cc1cc(CCCC[P+](C)(N(C)C)N(C)C)cc(C=NC2CCCCC2N=Cc2cc(C(C)(C)C)cc(C(C)(C)C)c2O)c1O.O=C(O)C(=O)O.[Cr]. The second kappa shape index (κ2) is 20.0. The monoisotopic (exact) mass is 779 g/mol. The Hall–Kier alpha value is -2.80. The van der Waals surface area contributed by atoms with Crippen molar-refractivity contribution in [3.05, 3.63) is 57.6 Å². The fourth-order valence-electron chi connectivity index (χ4n) is 6.18. The summed E-state index contributed by atoms with van der Waals surface area (Å²) in [7, 11) is 7.52. The number of aromatic hydroxyl groups is 2. The number of aryl methyl sites for hydroxylation is 2. The number of unbranched alkanes of at least 4 members (excludes halogenated alkanes) is 1. The Balaban J connectivity index is 0.00000177. The zero-order chi connectivity index (χ0) is 38.9. The van der Waals surface area contributed by atoms with Crippen molar-refractivity contribution in [3.8, 4) is 11.5 Å². The Labute approximate surface area is 324 Å². The van der Waals surface area contributed by atoms with Crippen molar-refractivity contribution in [1.82, 2.24) is 9.34 Å². The van der Waals surface area contributed by atoms with E-state index in [2.05, 4.69) is 110 Å². The standard InChI is InChI=1S/C38H61N4O2P.C2H2O4.Cr/c1-27-21-28(17-15-16-20-45(12,41(8)9)42(10)11)22-29(35(27)43)25-39-33-18-13-14-19-34(33)40-26-30-23-31(37(2,3)4)24-32(36(30)44)38(5,6)7;3-1(4)2(5)6;/h21-26,33-34H,13-20H2,1-12H3,(H-,39,40,43,44);(H,3,4)(H,5,6);/p+1. The van der Waals surface area contributed by atoms with Crippen LogP contribution in [0.1, 0.15) is 113 Å². The first-order valence-electron chi connectivity index (χ1n) is 17.9. The molecule has 1 fully saturated rings. The van der Waals surface area contributed by atoms with Crippen LogP contribution in [0.15, 0.2) is 34.3 Å². The van der Waals surface area contributed by atoms with Gasteiger partial charge in [-0.05, 0) is 78.7 Å². The van der Waals surface area contributed by atoms with Gasteiger partial charge in [-0.15, -0.1) is 0 Å². The number of aliphatic imine (C=N–C) groups is 2. The van der Waals surface area contributed by atoms with Crippen LogP contribution in [-0.4, -0.2) is 107 Å². The van der Waals surface area contributed by atoms with Crippen LogP contribution in [0.4, 0.5) is 0 Å². The Morgan fingerprint density at radius 1 is 0.788 bits per heavy atom. The van der Waals surface area contributed by atoms with Gasteiger partial charge in [0.1, 0.15) is 19.1 Å². The molecule has 52 heavy (non-hydrogen) atoms. The van der Waals surface area contributed by atoms with Gasteiger partial charge < -0.3 is 20.4 Å². The second-order valence-electron chi connectivity index (χ2n) is 16.4. The van der Waals surface area contributed by atoms with Crippen LogP contribution in [-0.2, 0) is 44.2 Å². The molecular weight excluding hydrogens is 715 g/mol. The van der Waals surface area contributed by atoms with Gasteiger partial charge in [0.15, 0.2) is 0 Å². The first-order chi connectivity index (χ1) is 23.5. The van der Waals surface area contributed by atoms with E-state index in [-0.39, 0.29) is 40.3 Å². The number of phenolic OH excluding ortho intramolecular Hbond substituents is 2. The predicted octanol–water partition coefficient (Wildman–Crippen LogP) is 7.93. The molecular formula is C40H64CrN4O6P+. The molecule has 0 aliphatic heterocycles. The quantitative estimate of drug-likeness (QED) is 0.0779. The van der Waals surface area contributed by atoms with E-state index in [1.807, 2.05) is 19.4 Å². The molecule has 4 N–H and O–H groups in total. The number of rotatable bonds is 11. The summed E-state index contributed by atoms with van der Waals surface area (Å²) in [5, 5.41) is 37.0. The third kappa shape index (κ3) is 13.6. The van der Waals surface area contributed by atoms with Crippen LogP contribution in [0.3, 0.4) is 0 Å². The molecule has 1 saturated carbocycles. The molecule has 0 amide bonds. The molecule has 1 aliphatic rings. The fraction of sp³-hybridized carbons (Fsp3) is 0.600. The van der Waals surface area contributed by atoms with Crippen LogP contribution in [0.2, 0.25) is 0 Å². The largest absolute Gasteiger partial charge is 0.507 e. The average Bonchev–Trinajstić information content (AvgIpc) is 3.02. The number of nitrogens with zero attached hydrogens (tertiary/aromatic N) is 4. The first-order valence-corrected chi connectivity index (χ1v) is 20.3. The van der Waals surface area contributed by atoms with E-state index in [0.717, 1.165) is 60.8 Å². The third-order valence-electron chi connectivity index (χ3n) is 9.91. The molecule has 12 heteroatoms. The summed E-state index contributed by atoms with van der Waals surface area (Å²) in [4.78, 5) is 28.3. The van der Waals surface area contributed by atoms with Crippen molar-refractivity contribution in [3.63, 3.8) is 0 Å². The summed E-state index contributed by atoms with van der Waals surface area (Å²) in [5.74, 6) is -3.01. The van der Waals surface area contributed by atoms with Gasteiger partial charge in [0.05, 0.1) is 24.9 Å². The number of benzene rings is 2. The second-order valence-corrected chi connectivity index (χ2v) is 20.6. The van der Waals surface area contributed by atoms with Crippen LogP contribution >= 0.6 is 7.56 Å². The van der Waals surface area contributed by atoms with Crippen LogP contribution in [0, 0.1) is 6.92 Å². The van der Waals surface area contributed by atoms with Gasteiger partial charge in [-0.1, -0.05) is 66.5 Å². The molecule has 10 nitrogen and oxygen atoms in total. The van der Waals surface area contributed by atoms with Gasteiger partial charge in [0, 0.05) is 74.7 Å². The maximum atomic E-state index is 11.3. The van der Waals surface area contributed by atoms with Gasteiger partial charge in [0.25, 0.3) is 0 Å². The van der Waals surface area contributed by atoms with E-state index in [1.54, 1.807) is 0 Å². The smallest absolute Gasteiger partial charge is 0.414 e. The summed E-state index contributed by atoms with van der Waals surface area (Å²) >= 11 is 0. The van der Waals surface area contributed by atoms with Crippen molar-refractivity contribution >= 4 is 31.9 Å². The Bertz CT molecular complexity index is 1540. The number of hydrogen-bond donors (Lipinski definition) is 4. The molecule has 0 spiro atoms. The van der Waals surface area contributed by atoms with Gasteiger partial charge in [-0.3, -0.25) is 9.98 Å². The molecule has 0 saturated heterocycles. The van der Waals surface area contributed by atoms with Crippen molar-refractivity contribution in [2.75, 3.05) is 41.0 Å². The molecule has 290 valence electrons. The maximum absolute atomic E-state index is 11.3. The van der Waals surface area contributed by atoms with E-state index in [9.17, 15) is 10.2 Å². The number of carboxylic acid groups (broad SMARTS) is 2. The Kier molecular flexibility index (Phi) is 18.2. The van der Waals surface area contributed by atoms with E-state index in [1.165, 1.54) is 23.7 Å². The molecule has 0 aromatic heterocycles. The summed E-state index contributed by atoms with van der Waals surface area (Å²) < 4.78 is 4.81. The molecule has 1 aliphatic carbocycles. The molecule has 2 aromatic rings. The zero-order valence-electron chi connectivity index (χ0n) is 33.5. The molecule has 0 heterocycles. The molecule has 0 radical (unpaired) electrons. The first kappa shape index (κ1) is 47.2. The van der Waals surface area contributed by atoms with Crippen LogP contribution in [0.25, 0.3) is 0 Å². The van der Waals surface area contributed by atoms with Gasteiger partial charge in [0.2, 0.25) is 0 Å². The fourth-order valence-corrected chi connectivity index (χ4v) is 8.51. The molecule has 2 aromatic carbocycles. The van der Waals surface area contributed by atoms with E-state index in [4.69, 9.17) is 29.8 Å². The van der Waals surface area contributed by atoms with Gasteiger partial charge >= 0.3 is 11.9 Å². The zero-order valence-corrected chi connectivity index (χ0v) is 35.7. The van der Waals surface area contributed by atoms with Crippen molar-refractivity contribution in [2.24, 2.45) is 9.98 Å². The maximum Gasteiger partial charge on any atom is 0.414 e. The number of carboxylic acids is 2. The van der Waals surface area contributed by atoms with E-state index in [0.29, 0.717) is 11.5 Å². The minimum absolute atomic E-state index is 0. The average molecular weight is 780 g/mol. The minimum Gasteiger partial charge on any atom is -0.507 e. The summed E-state index contributed by atoms with van der Waals surface area (Å²) in [6, 6.07) is 8.56. The number of hydrogen-bond acceptors (Lipinski definition) is 8. The van der Waals surface area contributed by atoms with Crippen molar-refractivity contribution < 1.29 is 47.4 Å². The van der Waals surface area contributed by atoms with Crippen LogP contribution in [0.5, 0.6) is 11.5 Å². The summed E-state index contributed by atoms with van der Waals surface area (Å²) in [5.41, 5.74) is 5.65. The van der Waals surface area contributed by atoms with E-state index >= 15 is 0 Å². The van der Waals surface area contributed by atoms with Crippen molar-refractivity contribution in [2.45, 2.75) is 116 Å². The summed E-state index contributed by atoms with van der Waals surface area (Å²) in [6.07, 6.45) is 12.4. The number of aliphatic carboxylic acids is 2. The molecule has 2 unspecified atom stereocenters. The molecule has 3 rings (SSSR count). The minimum atomic E-state index is -1.82. The number of carbonyl (C=O) groups is 2. The Morgan fingerprint density at radius 3 is 1.69 bits per heavy atom. The van der Waals surface area contributed by atoms with Gasteiger partial charge in [-0.2, -0.15) is 9.34 Å². The summed E-state index contributed by atoms with van der Waals surface area (Å²) in [6.45, 7) is 17.4. The number of phenols is 2. The molecule has 0 bridgehead atoms. The predicted molar refractivity (Wildman–Crippen MR) is 213 cm³/mol.